The number of thiophene rings is 2. The summed E-state index contributed by atoms with van der Waals surface area (Å²) in [5, 5.41) is 0. The fourth-order valence-electron chi connectivity index (χ4n) is 2.43. The molecule has 0 bridgehead atoms. The highest BCUT2D eigenvalue weighted by Crippen LogP contribution is 2.38. The van der Waals surface area contributed by atoms with Crippen LogP contribution in [0.3, 0.4) is 0 Å². The lowest BCUT2D eigenvalue weighted by Gasteiger charge is -2.09. The molecule has 0 aromatic carbocycles. The minimum Gasteiger partial charge on any atom is -0.320 e. The van der Waals surface area contributed by atoms with Crippen molar-refractivity contribution in [2.75, 3.05) is 0 Å². The fourth-order valence-corrected chi connectivity index (χ4v) is 5.46. The summed E-state index contributed by atoms with van der Waals surface area (Å²) >= 11 is 7.21. The second-order valence-corrected chi connectivity index (χ2v) is 8.29. The summed E-state index contributed by atoms with van der Waals surface area (Å²) in [5.74, 6) is 0. The third kappa shape index (κ3) is 2.12. The highest BCUT2D eigenvalue weighted by molar-refractivity contribution is 9.11. The van der Waals surface area contributed by atoms with E-state index in [0.717, 1.165) is 0 Å². The summed E-state index contributed by atoms with van der Waals surface area (Å²) in [7, 11) is 0. The summed E-state index contributed by atoms with van der Waals surface area (Å²) in [6.07, 6.45) is 3.81. The minimum atomic E-state index is 0.0492. The molecule has 0 saturated carbocycles. The number of halogens is 1. The van der Waals surface area contributed by atoms with Crippen molar-refractivity contribution in [3.05, 3.63) is 41.7 Å². The molecule has 0 amide bonds. The maximum atomic E-state index is 6.39. The van der Waals surface area contributed by atoms with Crippen molar-refractivity contribution in [3.8, 4) is 0 Å². The Labute approximate surface area is 118 Å². The number of aryl methyl sites for hydroxylation is 3. The molecule has 0 saturated heterocycles. The van der Waals surface area contributed by atoms with Crippen LogP contribution in [0.1, 0.15) is 38.2 Å². The minimum absolute atomic E-state index is 0.0492. The Hall–Kier alpha value is -0.160. The highest BCUT2D eigenvalue weighted by atomic mass is 79.9. The van der Waals surface area contributed by atoms with E-state index < -0.39 is 0 Å². The van der Waals surface area contributed by atoms with Gasteiger partial charge in [0.15, 0.2) is 0 Å². The zero-order chi connectivity index (χ0) is 12.0. The van der Waals surface area contributed by atoms with Crippen molar-refractivity contribution in [2.24, 2.45) is 5.73 Å². The van der Waals surface area contributed by atoms with E-state index in [1.54, 1.807) is 16.2 Å². The Morgan fingerprint density at radius 3 is 2.76 bits per heavy atom. The quantitative estimate of drug-likeness (QED) is 0.868. The van der Waals surface area contributed by atoms with Crippen molar-refractivity contribution >= 4 is 38.6 Å². The van der Waals surface area contributed by atoms with E-state index in [1.807, 2.05) is 11.3 Å². The normalized spacial score (nSPS) is 16.2. The van der Waals surface area contributed by atoms with Crippen LogP contribution in [0.4, 0.5) is 0 Å². The lowest BCUT2D eigenvalue weighted by molar-refractivity contribution is 0.880. The second kappa shape index (κ2) is 4.50. The van der Waals surface area contributed by atoms with Crippen molar-refractivity contribution < 1.29 is 0 Å². The fraction of sp³-hybridized carbons (Fsp3) is 0.385. The molecule has 2 N–H and O–H groups in total. The van der Waals surface area contributed by atoms with E-state index in [1.165, 1.54) is 43.9 Å². The van der Waals surface area contributed by atoms with Crippen molar-refractivity contribution in [1.82, 2.24) is 0 Å². The van der Waals surface area contributed by atoms with Crippen LogP contribution in [0.15, 0.2) is 15.9 Å². The van der Waals surface area contributed by atoms with Crippen LogP contribution in [0.5, 0.6) is 0 Å². The Morgan fingerprint density at radius 1 is 1.29 bits per heavy atom. The number of nitrogens with two attached hydrogens (primary N) is 1. The van der Waals surface area contributed by atoms with E-state index in [9.17, 15) is 0 Å². The van der Waals surface area contributed by atoms with Gasteiger partial charge in [0.1, 0.15) is 0 Å². The van der Waals surface area contributed by atoms with Gasteiger partial charge in [0.25, 0.3) is 0 Å². The van der Waals surface area contributed by atoms with Gasteiger partial charge in [-0.15, -0.1) is 22.7 Å². The average Bonchev–Trinajstić information content (AvgIpc) is 2.90. The molecule has 1 atom stereocenters. The van der Waals surface area contributed by atoms with Gasteiger partial charge in [-0.2, -0.15) is 0 Å². The largest absolute Gasteiger partial charge is 0.320 e. The molecule has 1 unspecified atom stereocenters. The molecule has 1 aliphatic rings. The third-order valence-corrected chi connectivity index (χ3v) is 6.22. The molecule has 2 aromatic rings. The van der Waals surface area contributed by atoms with Gasteiger partial charge in [0.2, 0.25) is 0 Å². The summed E-state index contributed by atoms with van der Waals surface area (Å²) in [6.45, 7) is 2.14. The molecular formula is C13H14BrNS2. The molecule has 1 nitrogen and oxygen atoms in total. The van der Waals surface area contributed by atoms with E-state index in [2.05, 4.69) is 35.0 Å². The van der Waals surface area contributed by atoms with Crippen LogP contribution in [-0.2, 0) is 12.8 Å². The van der Waals surface area contributed by atoms with Crippen molar-refractivity contribution in [2.45, 2.75) is 32.2 Å². The molecule has 4 heteroatoms. The van der Waals surface area contributed by atoms with Gasteiger partial charge in [-0.3, -0.25) is 0 Å². The van der Waals surface area contributed by atoms with E-state index >= 15 is 0 Å². The van der Waals surface area contributed by atoms with Crippen LogP contribution < -0.4 is 5.73 Å². The van der Waals surface area contributed by atoms with Gasteiger partial charge in [-0.25, -0.2) is 0 Å². The number of hydrogen-bond acceptors (Lipinski definition) is 3. The lowest BCUT2D eigenvalue weighted by Crippen LogP contribution is -2.10. The zero-order valence-electron chi connectivity index (χ0n) is 9.63. The molecule has 2 aromatic heterocycles. The first-order valence-electron chi connectivity index (χ1n) is 5.78. The first-order valence-corrected chi connectivity index (χ1v) is 8.20. The van der Waals surface area contributed by atoms with Gasteiger partial charge >= 0.3 is 0 Å². The smallest absolute Gasteiger partial charge is 0.0704 e. The Kier molecular flexibility index (Phi) is 3.15. The lowest BCUT2D eigenvalue weighted by atomic mass is 10.1. The van der Waals surface area contributed by atoms with Gasteiger partial charge in [0, 0.05) is 14.6 Å². The van der Waals surface area contributed by atoms with Gasteiger partial charge in [-0.05, 0) is 65.4 Å². The molecule has 0 radical (unpaired) electrons. The van der Waals surface area contributed by atoms with Gasteiger partial charge < -0.3 is 5.73 Å². The monoisotopic (exact) mass is 327 g/mol. The highest BCUT2D eigenvalue weighted by Gasteiger charge is 2.20. The second-order valence-electron chi connectivity index (χ2n) is 4.49. The predicted molar refractivity (Wildman–Crippen MR) is 79.1 cm³/mol. The van der Waals surface area contributed by atoms with Gasteiger partial charge in [-0.1, -0.05) is 0 Å². The first kappa shape index (κ1) is 11.9. The summed E-state index contributed by atoms with van der Waals surface area (Å²) in [6, 6.07) is 4.53. The SMILES string of the molecule is Cc1sc(Br)cc1C(N)c1cc2c(s1)CCC2. The zero-order valence-corrected chi connectivity index (χ0v) is 12.8. The predicted octanol–water partition coefficient (Wildman–Crippen LogP) is 4.42. The number of hydrogen-bond donors (Lipinski definition) is 1. The summed E-state index contributed by atoms with van der Waals surface area (Å²) < 4.78 is 1.17. The maximum absolute atomic E-state index is 6.39. The maximum Gasteiger partial charge on any atom is 0.0704 e. The summed E-state index contributed by atoms with van der Waals surface area (Å²) in [4.78, 5) is 4.20. The van der Waals surface area contributed by atoms with Crippen LogP contribution in [0.2, 0.25) is 0 Å². The molecule has 90 valence electrons. The topological polar surface area (TPSA) is 26.0 Å². The third-order valence-electron chi connectivity index (χ3n) is 3.33. The number of fused-ring (bicyclic) bond motifs is 1. The Balaban J connectivity index is 1.95. The van der Waals surface area contributed by atoms with Crippen LogP contribution in [0, 0.1) is 6.92 Å². The van der Waals surface area contributed by atoms with E-state index in [4.69, 9.17) is 5.73 Å². The van der Waals surface area contributed by atoms with Crippen LogP contribution in [0.25, 0.3) is 0 Å². The molecule has 2 heterocycles. The molecule has 0 aliphatic heterocycles. The van der Waals surface area contributed by atoms with E-state index in [0.29, 0.717) is 0 Å². The molecule has 3 rings (SSSR count). The van der Waals surface area contributed by atoms with Gasteiger partial charge in [0.05, 0.1) is 9.83 Å². The molecule has 1 aliphatic carbocycles. The van der Waals surface area contributed by atoms with E-state index in [-0.39, 0.29) is 6.04 Å². The standard InChI is InChI=1S/C13H14BrNS2/c1-7-9(6-12(14)16-7)13(15)11-5-8-3-2-4-10(8)17-11/h5-6,13H,2-4,15H2,1H3. The Bertz CT molecular complexity index is 534. The molecule has 0 fully saturated rings. The van der Waals surface area contributed by atoms with Crippen molar-refractivity contribution in [3.63, 3.8) is 0 Å². The Morgan fingerprint density at radius 2 is 2.12 bits per heavy atom. The van der Waals surface area contributed by atoms with Crippen molar-refractivity contribution in [1.29, 1.82) is 0 Å². The average molecular weight is 328 g/mol. The van der Waals surface area contributed by atoms with Crippen LogP contribution in [-0.4, -0.2) is 0 Å². The van der Waals surface area contributed by atoms with Crippen LogP contribution >= 0.6 is 38.6 Å². The summed E-state index contributed by atoms with van der Waals surface area (Å²) in [5.41, 5.74) is 9.19. The molecule has 17 heavy (non-hydrogen) atoms. The molecule has 0 spiro atoms. The first-order chi connectivity index (χ1) is 8.15. The molecular weight excluding hydrogens is 314 g/mol. The number of rotatable bonds is 2.